The van der Waals surface area contributed by atoms with Gasteiger partial charge < -0.3 is 112 Å². The van der Waals surface area contributed by atoms with E-state index in [2.05, 4.69) is 99.4 Å². The number of aromatic amines is 1. The lowest BCUT2D eigenvalue weighted by Gasteiger charge is -2.28. The number of anilines is 2. The number of hydrogen-bond acceptors (Lipinski definition) is 25. The van der Waals surface area contributed by atoms with Crippen LogP contribution in [0.3, 0.4) is 0 Å². The van der Waals surface area contributed by atoms with E-state index < -0.39 is 186 Å². The highest BCUT2D eigenvalue weighted by atomic mass is 32.1. The van der Waals surface area contributed by atoms with Crippen LogP contribution in [0.4, 0.5) is 11.4 Å². The predicted octanol–water partition coefficient (Wildman–Crippen LogP) is -3.11. The van der Waals surface area contributed by atoms with Crippen LogP contribution in [0.15, 0.2) is 109 Å². The third-order valence-electron chi connectivity index (χ3n) is 17.9. The third-order valence-corrected chi connectivity index (χ3v) is 18.6. The number of fused-ring (bicyclic) bond motifs is 1. The molecule has 616 valence electrons. The maximum Gasteiger partial charge on any atom is 0.327 e. The number of carbonyl (C=O) groups is 14. The normalized spacial score (nSPS) is 15.2. The molecule has 5 unspecified atom stereocenters. The maximum absolute atomic E-state index is 15.2. The molecular weight excluding hydrogens is 1510 g/mol. The summed E-state index contributed by atoms with van der Waals surface area (Å²) < 4.78 is 0. The lowest BCUT2D eigenvalue weighted by atomic mass is 9.97. The number of aliphatic hydroxyl groups is 3. The molecule has 11 amide bonds. The second-order valence-electron chi connectivity index (χ2n) is 27.1. The number of amides is 11. The highest BCUT2D eigenvalue weighted by molar-refractivity contribution is 7.80. The first-order chi connectivity index (χ1) is 53.7. The van der Waals surface area contributed by atoms with Gasteiger partial charge in [0, 0.05) is 63.9 Å². The van der Waals surface area contributed by atoms with E-state index in [1.807, 2.05) is 0 Å². The Morgan fingerprint density at radius 3 is 1.42 bits per heavy atom. The van der Waals surface area contributed by atoms with Crippen molar-refractivity contribution in [3.8, 4) is 0 Å². The van der Waals surface area contributed by atoms with Crippen molar-refractivity contribution < 1.29 is 87.5 Å². The lowest BCUT2D eigenvalue weighted by molar-refractivity contribution is -0.142. The summed E-state index contributed by atoms with van der Waals surface area (Å²) in [7, 11) is 0. The van der Waals surface area contributed by atoms with Crippen LogP contribution in [0.5, 0.6) is 0 Å². The highest BCUT2D eigenvalue weighted by Crippen LogP contribution is 2.24. The Kier molecular flexibility index (Phi) is 38.7. The molecule has 38 heteroatoms. The molecule has 5 rings (SSSR count). The standard InChI is InChI=1S/C75H106N18O18S2/c1-39(82-50-25-13-10-22-47(50)64(99)54(33-60(79)97)87-68(103)52(27-15-17-29-76)86-73(108)58(37-112)84-61(98)35-80-43(5)78)66(101)88-55(31-44-19-7-6-8-20-44)70(105)89-56(32-45-34-81-49-24-12-9-21-46(45)49)71(106)85-53(28-16-18-30-77)69(104)92-62(41(3)95)65(100)48-23-11-14-26-51(48)83-40(2)67(102)93-63(42(4)96)74(109)90-57(36-94)72(107)91-59(38-113)75(110)111/h6-14,19-26,34,39-43,52-59,62-63,80-83,94-96,112-113H,15-18,27-33,35-38,76-78H2,1-5H3,(H2,79,97)(H,84,98)(H,85,106)(H,86,108)(H,87,103)(H,88,101)(H,89,105)(H,90,109)(H,91,107)(H,92,104)(H,93,102)(H,110,111)/t39?,40?,41?,42?,43?,52-,53-,54-,55-,56-,57-,58-,59-,62-,63-/m0/s1. The topological polar surface area (TPSA) is 596 Å². The van der Waals surface area contributed by atoms with Crippen LogP contribution in [0.2, 0.25) is 0 Å². The van der Waals surface area contributed by atoms with Crippen LogP contribution < -0.4 is 92.1 Å². The van der Waals surface area contributed by atoms with Gasteiger partial charge in [0.1, 0.15) is 72.5 Å². The Hall–Kier alpha value is -10.6. The number of carboxylic acid groups (broad SMARTS) is 1. The minimum absolute atomic E-state index is 0.0139. The average Bonchev–Trinajstić information content (AvgIpc) is 1.33. The van der Waals surface area contributed by atoms with E-state index in [0.29, 0.717) is 41.3 Å². The average molecular weight is 1610 g/mol. The Labute approximate surface area is 664 Å². The first kappa shape index (κ1) is 93.0. The maximum atomic E-state index is 15.2. The number of H-pyrrole nitrogens is 1. The molecule has 4 aromatic carbocycles. The van der Waals surface area contributed by atoms with Crippen molar-refractivity contribution in [3.63, 3.8) is 0 Å². The van der Waals surface area contributed by atoms with Crippen LogP contribution in [-0.2, 0) is 70.4 Å². The quantitative estimate of drug-likeness (QED) is 0.00793. The van der Waals surface area contributed by atoms with Crippen LogP contribution >= 0.6 is 25.3 Å². The predicted molar refractivity (Wildman–Crippen MR) is 426 cm³/mol. The van der Waals surface area contributed by atoms with Gasteiger partial charge in [-0.25, -0.2) is 4.79 Å². The number of primary amides is 1. The van der Waals surface area contributed by atoms with Crippen molar-refractivity contribution in [1.29, 1.82) is 0 Å². The molecule has 0 aliphatic heterocycles. The fourth-order valence-electron chi connectivity index (χ4n) is 11.7. The number of nitrogens with one attached hydrogen (secondary N) is 14. The van der Waals surface area contributed by atoms with Crippen LogP contribution in [0, 0.1) is 0 Å². The molecule has 0 radical (unpaired) electrons. The summed E-state index contributed by atoms with van der Waals surface area (Å²) in [4.78, 5) is 197. The molecule has 26 N–H and O–H groups in total. The Morgan fingerprint density at radius 1 is 0.460 bits per heavy atom. The zero-order valence-electron chi connectivity index (χ0n) is 63.4. The SMILES string of the molecule is CC(N)NCC(=O)N[C@@H](CS)C(=O)N[C@@H](CCCCN)C(=O)N[C@@H](CC(N)=O)C(=O)c1ccccc1NC(C)C(=O)N[C@@H](Cc1ccccc1)C(=O)N[C@@H](Cc1c[nH]c2ccccc12)C(=O)N[C@@H](CCCCN)C(=O)N[C@H](C(=O)c1ccccc1NC(C)C(=O)N[C@H](C(=O)N[C@@H](CO)C(=O)N[C@@H](CS)C(=O)O)C(C)O)C(C)O. The van der Waals surface area contributed by atoms with Gasteiger partial charge in [-0.05, 0) is 128 Å². The lowest BCUT2D eigenvalue weighted by Crippen LogP contribution is -2.60. The number of unbranched alkanes of at least 4 members (excludes halogenated alkanes) is 2. The number of hydrogen-bond donors (Lipinski definition) is 24. The molecule has 0 saturated heterocycles. The second kappa shape index (κ2) is 47.1. The first-order valence-electron chi connectivity index (χ1n) is 36.8. The van der Waals surface area contributed by atoms with Gasteiger partial charge in [-0.15, -0.1) is 0 Å². The number of ketones is 2. The van der Waals surface area contributed by atoms with E-state index in [1.54, 1.807) is 67.7 Å². The van der Waals surface area contributed by atoms with Crippen molar-refractivity contribution in [3.05, 3.63) is 132 Å². The number of benzene rings is 4. The van der Waals surface area contributed by atoms with Crippen molar-refractivity contribution in [2.75, 3.05) is 48.4 Å². The van der Waals surface area contributed by atoms with E-state index in [-0.39, 0.29) is 85.7 Å². The Bertz CT molecular complexity index is 4080. The minimum Gasteiger partial charge on any atom is -0.480 e. The zero-order valence-corrected chi connectivity index (χ0v) is 65.2. The number of aromatic nitrogens is 1. The molecule has 0 aliphatic rings. The van der Waals surface area contributed by atoms with Crippen molar-refractivity contribution in [2.24, 2.45) is 22.9 Å². The molecule has 0 saturated carbocycles. The number of rotatable bonds is 50. The molecule has 36 nitrogen and oxygen atoms in total. The van der Waals surface area contributed by atoms with Gasteiger partial charge in [0.05, 0.1) is 37.9 Å². The number of para-hydroxylation sites is 3. The summed E-state index contributed by atoms with van der Waals surface area (Å²) in [6.45, 7) is 5.92. The van der Waals surface area contributed by atoms with Gasteiger partial charge in [-0.3, -0.25) is 67.6 Å². The van der Waals surface area contributed by atoms with Crippen LogP contribution in [-0.4, -0.2) is 237 Å². The van der Waals surface area contributed by atoms with Crippen molar-refractivity contribution in [2.45, 2.75) is 183 Å². The molecule has 0 bridgehead atoms. The van der Waals surface area contributed by atoms with Gasteiger partial charge in [-0.2, -0.15) is 25.3 Å². The molecular formula is C75H106N18O18S2. The highest BCUT2D eigenvalue weighted by Gasteiger charge is 2.38. The number of nitrogens with two attached hydrogens (primary N) is 4. The number of aliphatic carboxylic acids is 1. The van der Waals surface area contributed by atoms with E-state index >= 15 is 9.59 Å². The number of carbonyl (C=O) groups excluding carboxylic acids is 13. The van der Waals surface area contributed by atoms with E-state index in [4.69, 9.17) is 22.9 Å². The molecule has 0 fully saturated rings. The third kappa shape index (κ3) is 29.5. The number of Topliss-reactive ketones (excluding diaryl/α,β-unsaturated/α-hetero) is 2. The summed E-state index contributed by atoms with van der Waals surface area (Å²) in [5.41, 5.74) is 24.5. The van der Waals surface area contributed by atoms with Crippen molar-refractivity contribution in [1.82, 2.24) is 63.5 Å². The molecule has 1 aromatic heterocycles. The summed E-state index contributed by atoms with van der Waals surface area (Å²) in [5, 5.41) is 75.7. The van der Waals surface area contributed by atoms with Crippen LogP contribution in [0.1, 0.15) is 111 Å². The summed E-state index contributed by atoms with van der Waals surface area (Å²) in [5.74, 6) is -13.6. The number of carboxylic acids is 1. The summed E-state index contributed by atoms with van der Waals surface area (Å²) >= 11 is 8.10. The molecule has 1 heterocycles. The number of aliphatic hydroxyl groups excluding tert-OH is 3. The largest absolute Gasteiger partial charge is 0.480 e. The van der Waals surface area contributed by atoms with E-state index in [1.165, 1.54) is 69.3 Å². The Balaban J connectivity index is 1.40. The van der Waals surface area contributed by atoms with Gasteiger partial charge in [0.15, 0.2) is 11.6 Å². The molecule has 113 heavy (non-hydrogen) atoms. The molecule has 5 aromatic rings. The fraction of sp³-hybridized carbons (Fsp3) is 0.467. The van der Waals surface area contributed by atoms with E-state index in [9.17, 15) is 78.0 Å². The monoisotopic (exact) mass is 1610 g/mol. The summed E-state index contributed by atoms with van der Waals surface area (Å²) in [6, 6.07) is 9.29. The number of thiol groups is 2. The first-order valence-corrected chi connectivity index (χ1v) is 38.0. The minimum atomic E-state index is -1.76. The smallest absolute Gasteiger partial charge is 0.327 e. The van der Waals surface area contributed by atoms with Gasteiger partial charge >= 0.3 is 5.97 Å². The van der Waals surface area contributed by atoms with Crippen LogP contribution in [0.25, 0.3) is 10.9 Å². The zero-order chi connectivity index (χ0) is 83.6. The van der Waals surface area contributed by atoms with Gasteiger partial charge in [-0.1, -0.05) is 72.8 Å². The molecule has 15 atom stereocenters. The second-order valence-corrected chi connectivity index (χ2v) is 27.8. The Morgan fingerprint density at radius 2 is 0.894 bits per heavy atom. The van der Waals surface area contributed by atoms with Gasteiger partial charge in [0.2, 0.25) is 65.0 Å². The fourth-order valence-corrected chi connectivity index (χ4v) is 12.2. The van der Waals surface area contributed by atoms with Gasteiger partial charge in [0.25, 0.3) is 0 Å². The molecule has 0 spiro atoms. The molecule has 0 aliphatic carbocycles. The summed E-state index contributed by atoms with van der Waals surface area (Å²) in [6.07, 6.45) is -1.93. The van der Waals surface area contributed by atoms with Crippen molar-refractivity contribution >= 4 is 130 Å². The van der Waals surface area contributed by atoms with E-state index in [0.717, 1.165) is 6.92 Å².